The molecule has 0 aromatic heterocycles. The summed E-state index contributed by atoms with van der Waals surface area (Å²) in [6, 6.07) is 4.52. The van der Waals surface area contributed by atoms with Crippen LogP contribution < -0.4 is 5.32 Å². The van der Waals surface area contributed by atoms with Crippen molar-refractivity contribution in [2.24, 2.45) is 0 Å². The number of carboxylic acid groups (broad SMARTS) is 1. The van der Waals surface area contributed by atoms with Gasteiger partial charge in [-0.2, -0.15) is 0 Å². The van der Waals surface area contributed by atoms with Crippen molar-refractivity contribution in [2.45, 2.75) is 47.0 Å². The molecule has 1 aromatic rings. The average Bonchev–Trinajstić information content (AvgIpc) is 2.45. The van der Waals surface area contributed by atoms with Crippen LogP contribution in [0.25, 0.3) is 0 Å². The second-order valence-electron chi connectivity index (χ2n) is 5.12. The Morgan fingerprint density at radius 3 is 2.73 bits per heavy atom. The number of carbonyl (C=O) groups is 2. The molecular formula is C14H17NO5S2. The fraction of sp³-hybridized carbons (Fsp3) is 0.429. The van der Waals surface area contributed by atoms with Gasteiger partial charge in [0.1, 0.15) is 0 Å². The first-order valence-corrected chi connectivity index (χ1v) is 9.25. The van der Waals surface area contributed by atoms with Gasteiger partial charge in [0.25, 0.3) is 0 Å². The van der Waals surface area contributed by atoms with Gasteiger partial charge in [0.15, 0.2) is 9.84 Å². The maximum absolute atomic E-state index is 12.4. The minimum atomic E-state index is -3.75. The second-order valence-corrected chi connectivity index (χ2v) is 8.73. The Labute approximate surface area is 133 Å². The number of rotatable bonds is 5. The van der Waals surface area contributed by atoms with E-state index in [9.17, 15) is 18.0 Å². The Morgan fingerprint density at radius 2 is 2.14 bits per heavy atom. The number of sulfone groups is 1. The molecule has 0 spiro atoms. The van der Waals surface area contributed by atoms with E-state index >= 15 is 0 Å². The average molecular weight is 343 g/mol. The van der Waals surface area contributed by atoms with E-state index < -0.39 is 27.5 Å². The number of fused-ring (bicyclic) bond motifs is 1. The Kier molecular flexibility index (Phi) is 4.81. The maximum atomic E-state index is 12.4. The van der Waals surface area contributed by atoms with E-state index in [2.05, 4.69) is 5.32 Å². The van der Waals surface area contributed by atoms with Crippen LogP contribution in [0.1, 0.15) is 26.7 Å². The predicted molar refractivity (Wildman–Crippen MR) is 83.9 cm³/mol. The summed E-state index contributed by atoms with van der Waals surface area (Å²) < 4.78 is 24.7. The third-order valence-electron chi connectivity index (χ3n) is 3.46. The summed E-state index contributed by atoms with van der Waals surface area (Å²) in [5.41, 5.74) is 0.461. The first kappa shape index (κ1) is 16.8. The summed E-state index contributed by atoms with van der Waals surface area (Å²) in [6.45, 7) is 3.28. The Balaban J connectivity index is 2.34. The van der Waals surface area contributed by atoms with Gasteiger partial charge in [-0.25, -0.2) is 8.42 Å². The third kappa shape index (κ3) is 3.27. The molecule has 1 heterocycles. The molecule has 1 aliphatic heterocycles. The van der Waals surface area contributed by atoms with E-state index in [0.29, 0.717) is 12.1 Å². The van der Waals surface area contributed by atoms with Crippen molar-refractivity contribution in [3.8, 4) is 0 Å². The van der Waals surface area contributed by atoms with E-state index in [-0.39, 0.29) is 16.1 Å². The standard InChI is InChI=1S/C14H17NO5S2/c1-3-11-14(18)15-10-7-9(4-5-12(10)21-11)22(19,20)8(2)6-13(16)17/h4-5,7-8,11H,3,6H2,1-2H3,(H,15,18)(H,16,17)/t8-,11-/m0/s1. The molecule has 0 aliphatic carbocycles. The zero-order valence-corrected chi connectivity index (χ0v) is 13.8. The van der Waals surface area contributed by atoms with Gasteiger partial charge < -0.3 is 10.4 Å². The van der Waals surface area contributed by atoms with Crippen LogP contribution in [-0.4, -0.2) is 35.9 Å². The highest BCUT2D eigenvalue weighted by molar-refractivity contribution is 8.01. The van der Waals surface area contributed by atoms with Gasteiger partial charge in [0.05, 0.1) is 27.5 Å². The highest BCUT2D eigenvalue weighted by atomic mass is 32.2. The van der Waals surface area contributed by atoms with Crippen molar-refractivity contribution in [1.29, 1.82) is 0 Å². The Hall–Kier alpha value is -1.54. The number of carboxylic acids is 1. The topological polar surface area (TPSA) is 101 Å². The highest BCUT2D eigenvalue weighted by Gasteiger charge is 2.29. The molecule has 0 unspecified atom stereocenters. The molecule has 0 bridgehead atoms. The number of carbonyl (C=O) groups excluding carboxylic acids is 1. The second kappa shape index (κ2) is 6.29. The largest absolute Gasteiger partial charge is 0.481 e. The van der Waals surface area contributed by atoms with Crippen LogP contribution in [0, 0.1) is 0 Å². The summed E-state index contributed by atoms with van der Waals surface area (Å²) in [4.78, 5) is 23.4. The monoisotopic (exact) mass is 343 g/mol. The summed E-state index contributed by atoms with van der Waals surface area (Å²) in [7, 11) is -3.75. The van der Waals surface area contributed by atoms with E-state index in [1.807, 2.05) is 6.92 Å². The number of amides is 1. The van der Waals surface area contributed by atoms with Crippen LogP contribution in [0.15, 0.2) is 28.0 Å². The summed E-state index contributed by atoms with van der Waals surface area (Å²) in [6.07, 6.45) is 0.226. The molecule has 1 aliphatic rings. The maximum Gasteiger partial charge on any atom is 0.304 e. The van der Waals surface area contributed by atoms with Crippen molar-refractivity contribution >= 4 is 39.2 Å². The number of anilines is 1. The van der Waals surface area contributed by atoms with Gasteiger partial charge in [0.2, 0.25) is 5.91 Å². The molecule has 22 heavy (non-hydrogen) atoms. The normalized spacial score (nSPS) is 19.2. The molecule has 0 saturated carbocycles. The molecule has 2 N–H and O–H groups in total. The Bertz CT molecular complexity index is 714. The fourth-order valence-electron chi connectivity index (χ4n) is 2.16. The molecule has 1 amide bonds. The minimum absolute atomic E-state index is 0.0239. The molecule has 2 rings (SSSR count). The quantitative estimate of drug-likeness (QED) is 0.849. The van der Waals surface area contributed by atoms with Gasteiger partial charge in [-0.05, 0) is 31.5 Å². The zero-order valence-electron chi connectivity index (χ0n) is 12.2. The number of hydrogen-bond donors (Lipinski definition) is 2. The summed E-state index contributed by atoms with van der Waals surface area (Å²) in [5, 5.41) is 10.3. The lowest BCUT2D eigenvalue weighted by atomic mass is 10.2. The minimum Gasteiger partial charge on any atom is -0.481 e. The van der Waals surface area contributed by atoms with E-state index in [0.717, 1.165) is 4.90 Å². The van der Waals surface area contributed by atoms with Crippen LogP contribution in [0.2, 0.25) is 0 Å². The zero-order chi connectivity index (χ0) is 16.5. The van der Waals surface area contributed by atoms with Gasteiger partial charge in [-0.15, -0.1) is 11.8 Å². The Morgan fingerprint density at radius 1 is 1.45 bits per heavy atom. The van der Waals surface area contributed by atoms with Gasteiger partial charge >= 0.3 is 5.97 Å². The van der Waals surface area contributed by atoms with E-state index in [1.165, 1.54) is 30.8 Å². The molecular weight excluding hydrogens is 326 g/mol. The van der Waals surface area contributed by atoms with Gasteiger partial charge in [-0.1, -0.05) is 6.92 Å². The number of hydrogen-bond acceptors (Lipinski definition) is 5. The molecule has 2 atom stereocenters. The number of benzene rings is 1. The van der Waals surface area contributed by atoms with Crippen LogP contribution in [0.3, 0.4) is 0 Å². The van der Waals surface area contributed by atoms with Crippen LogP contribution >= 0.6 is 11.8 Å². The molecule has 1 aromatic carbocycles. The highest BCUT2D eigenvalue weighted by Crippen LogP contribution is 2.38. The lowest BCUT2D eigenvalue weighted by Gasteiger charge is -2.24. The fourth-order valence-corrected chi connectivity index (χ4v) is 4.55. The molecule has 0 fully saturated rings. The molecule has 6 nitrogen and oxygen atoms in total. The first-order valence-electron chi connectivity index (χ1n) is 6.83. The molecule has 120 valence electrons. The predicted octanol–water partition coefficient (Wildman–Crippen LogP) is 2.15. The lowest BCUT2D eigenvalue weighted by molar-refractivity contribution is -0.137. The molecule has 0 radical (unpaired) electrons. The van der Waals surface area contributed by atoms with Crippen LogP contribution in [0.5, 0.6) is 0 Å². The van der Waals surface area contributed by atoms with E-state index in [4.69, 9.17) is 5.11 Å². The van der Waals surface area contributed by atoms with Crippen LogP contribution in [0.4, 0.5) is 5.69 Å². The van der Waals surface area contributed by atoms with Crippen LogP contribution in [-0.2, 0) is 19.4 Å². The molecule has 0 saturated heterocycles. The third-order valence-corrected chi connectivity index (χ3v) is 7.04. The SMILES string of the molecule is CC[C@@H]1Sc2ccc(S(=O)(=O)[C@@H](C)CC(=O)O)cc2NC1=O. The van der Waals surface area contributed by atoms with Crippen molar-refractivity contribution < 1.29 is 23.1 Å². The smallest absolute Gasteiger partial charge is 0.304 e. The van der Waals surface area contributed by atoms with Crippen molar-refractivity contribution in [2.75, 3.05) is 5.32 Å². The van der Waals surface area contributed by atoms with E-state index in [1.54, 1.807) is 6.07 Å². The van der Waals surface area contributed by atoms with Crippen molar-refractivity contribution in [1.82, 2.24) is 0 Å². The number of thioether (sulfide) groups is 1. The van der Waals surface area contributed by atoms with Gasteiger partial charge in [0, 0.05) is 4.90 Å². The lowest BCUT2D eigenvalue weighted by Crippen LogP contribution is -2.28. The summed E-state index contributed by atoms with van der Waals surface area (Å²) >= 11 is 1.40. The van der Waals surface area contributed by atoms with Crippen molar-refractivity contribution in [3.05, 3.63) is 18.2 Å². The molecule has 8 heteroatoms. The summed E-state index contributed by atoms with van der Waals surface area (Å²) in [5.74, 6) is -1.31. The van der Waals surface area contributed by atoms with Crippen molar-refractivity contribution in [3.63, 3.8) is 0 Å². The van der Waals surface area contributed by atoms with Gasteiger partial charge in [-0.3, -0.25) is 9.59 Å². The number of aliphatic carboxylic acids is 1. The first-order chi connectivity index (χ1) is 10.3. The number of nitrogens with one attached hydrogen (secondary N) is 1.